The normalized spacial score (nSPS) is 28.1. The maximum absolute atomic E-state index is 2.50. The van der Waals surface area contributed by atoms with Crippen molar-refractivity contribution >= 4 is 5.69 Å². The molecule has 2 rings (SSSR count). The lowest BCUT2D eigenvalue weighted by Crippen LogP contribution is -2.56. The van der Waals surface area contributed by atoms with Gasteiger partial charge in [-0.25, -0.2) is 0 Å². The summed E-state index contributed by atoms with van der Waals surface area (Å²) in [5.41, 5.74) is 1.35. The van der Waals surface area contributed by atoms with E-state index in [2.05, 4.69) is 61.0 Å². The number of para-hydroxylation sites is 1. The van der Waals surface area contributed by atoms with Crippen molar-refractivity contribution in [3.05, 3.63) is 30.3 Å². The first-order valence-electron chi connectivity index (χ1n) is 5.72. The van der Waals surface area contributed by atoms with Gasteiger partial charge in [0.05, 0.1) is 0 Å². The van der Waals surface area contributed by atoms with Crippen LogP contribution >= 0.6 is 0 Å². The van der Waals surface area contributed by atoms with Crippen molar-refractivity contribution in [2.75, 3.05) is 25.0 Å². The van der Waals surface area contributed by atoms with Crippen LogP contribution in [0.5, 0.6) is 0 Å². The number of piperazine rings is 1. The molecule has 1 aromatic rings. The summed E-state index contributed by atoms with van der Waals surface area (Å²) in [6.45, 7) is 6.90. The van der Waals surface area contributed by atoms with Crippen LogP contribution < -0.4 is 4.90 Å². The van der Waals surface area contributed by atoms with Gasteiger partial charge >= 0.3 is 0 Å². The van der Waals surface area contributed by atoms with Crippen LogP contribution in [0.15, 0.2) is 30.3 Å². The SMILES string of the molecule is CC1C(C)N(c2ccccc2)CCN1C. The monoisotopic (exact) mass is 204 g/mol. The topological polar surface area (TPSA) is 6.48 Å². The number of likely N-dealkylation sites (N-methyl/N-ethyl adjacent to an activating group) is 1. The van der Waals surface area contributed by atoms with Gasteiger partial charge < -0.3 is 4.90 Å². The highest BCUT2D eigenvalue weighted by atomic mass is 15.3. The fourth-order valence-electron chi connectivity index (χ4n) is 2.29. The van der Waals surface area contributed by atoms with Crippen molar-refractivity contribution in [2.24, 2.45) is 0 Å². The Morgan fingerprint density at radius 2 is 1.67 bits per heavy atom. The quantitative estimate of drug-likeness (QED) is 0.692. The second-order valence-corrected chi connectivity index (χ2v) is 4.49. The maximum Gasteiger partial charge on any atom is 0.0414 e. The molecule has 0 N–H and O–H groups in total. The molecule has 1 saturated heterocycles. The Bertz CT molecular complexity index is 310. The van der Waals surface area contributed by atoms with E-state index in [4.69, 9.17) is 0 Å². The van der Waals surface area contributed by atoms with Crippen LogP contribution in [0.3, 0.4) is 0 Å². The minimum absolute atomic E-state index is 0.589. The molecule has 0 bridgehead atoms. The van der Waals surface area contributed by atoms with Crippen LogP contribution in [0.2, 0.25) is 0 Å². The van der Waals surface area contributed by atoms with Gasteiger partial charge in [-0.3, -0.25) is 4.90 Å². The summed E-state index contributed by atoms with van der Waals surface area (Å²) in [7, 11) is 2.21. The zero-order chi connectivity index (χ0) is 10.8. The molecule has 2 unspecified atom stereocenters. The van der Waals surface area contributed by atoms with Gasteiger partial charge in [0, 0.05) is 30.9 Å². The first kappa shape index (κ1) is 10.5. The lowest BCUT2D eigenvalue weighted by atomic mass is 10.0. The molecular formula is C13H20N2. The van der Waals surface area contributed by atoms with Crippen molar-refractivity contribution < 1.29 is 0 Å². The highest BCUT2D eigenvalue weighted by molar-refractivity contribution is 5.47. The van der Waals surface area contributed by atoms with Crippen LogP contribution in [-0.2, 0) is 0 Å². The smallest absolute Gasteiger partial charge is 0.0414 e. The third kappa shape index (κ3) is 2.00. The molecule has 1 aliphatic rings. The fourth-order valence-corrected chi connectivity index (χ4v) is 2.29. The van der Waals surface area contributed by atoms with Crippen LogP contribution in [0.25, 0.3) is 0 Å². The van der Waals surface area contributed by atoms with Gasteiger partial charge in [-0.15, -0.1) is 0 Å². The van der Waals surface area contributed by atoms with E-state index in [1.807, 2.05) is 0 Å². The van der Waals surface area contributed by atoms with Crippen molar-refractivity contribution in [3.63, 3.8) is 0 Å². The molecule has 15 heavy (non-hydrogen) atoms. The van der Waals surface area contributed by atoms with Crippen LogP contribution in [0.4, 0.5) is 5.69 Å². The number of anilines is 1. The highest BCUT2D eigenvalue weighted by Crippen LogP contribution is 2.22. The Morgan fingerprint density at radius 1 is 1.00 bits per heavy atom. The Balaban J connectivity index is 2.17. The summed E-state index contributed by atoms with van der Waals surface area (Å²) in [4.78, 5) is 4.94. The van der Waals surface area contributed by atoms with Crippen LogP contribution in [0.1, 0.15) is 13.8 Å². The summed E-state index contributed by atoms with van der Waals surface area (Å²) >= 11 is 0. The first-order valence-corrected chi connectivity index (χ1v) is 5.72. The van der Waals surface area contributed by atoms with E-state index < -0.39 is 0 Å². The van der Waals surface area contributed by atoms with Crippen molar-refractivity contribution in [1.29, 1.82) is 0 Å². The zero-order valence-electron chi connectivity index (χ0n) is 9.85. The first-order chi connectivity index (χ1) is 7.20. The molecule has 0 aliphatic carbocycles. The average Bonchev–Trinajstić information content (AvgIpc) is 2.27. The zero-order valence-corrected chi connectivity index (χ0v) is 9.85. The second-order valence-electron chi connectivity index (χ2n) is 4.49. The third-order valence-corrected chi connectivity index (χ3v) is 3.67. The van der Waals surface area contributed by atoms with Gasteiger partial charge in [0.1, 0.15) is 0 Å². The van der Waals surface area contributed by atoms with E-state index in [0.29, 0.717) is 12.1 Å². The lowest BCUT2D eigenvalue weighted by molar-refractivity contribution is 0.196. The molecule has 1 fully saturated rings. The molecule has 82 valence electrons. The molecule has 2 atom stereocenters. The van der Waals surface area contributed by atoms with Gasteiger partial charge in [-0.2, -0.15) is 0 Å². The number of benzene rings is 1. The second kappa shape index (κ2) is 4.23. The fraction of sp³-hybridized carbons (Fsp3) is 0.538. The molecule has 2 heteroatoms. The van der Waals surface area contributed by atoms with E-state index in [9.17, 15) is 0 Å². The van der Waals surface area contributed by atoms with Crippen LogP contribution in [0, 0.1) is 0 Å². The highest BCUT2D eigenvalue weighted by Gasteiger charge is 2.28. The van der Waals surface area contributed by atoms with Crippen molar-refractivity contribution in [3.8, 4) is 0 Å². The predicted molar refractivity (Wildman–Crippen MR) is 65.3 cm³/mol. The van der Waals surface area contributed by atoms with Gasteiger partial charge in [0.2, 0.25) is 0 Å². The summed E-state index contributed by atoms with van der Waals surface area (Å²) in [6.07, 6.45) is 0. The van der Waals surface area contributed by atoms with E-state index >= 15 is 0 Å². The molecular weight excluding hydrogens is 184 g/mol. The van der Waals surface area contributed by atoms with E-state index in [-0.39, 0.29) is 0 Å². The summed E-state index contributed by atoms with van der Waals surface area (Å²) < 4.78 is 0. The van der Waals surface area contributed by atoms with Crippen molar-refractivity contribution in [1.82, 2.24) is 4.90 Å². The Kier molecular flexibility index (Phi) is 2.96. The van der Waals surface area contributed by atoms with Gasteiger partial charge in [0.25, 0.3) is 0 Å². The number of rotatable bonds is 1. The van der Waals surface area contributed by atoms with Gasteiger partial charge in [0.15, 0.2) is 0 Å². The minimum Gasteiger partial charge on any atom is -0.366 e. The molecule has 1 heterocycles. The molecule has 0 spiro atoms. The molecule has 0 saturated carbocycles. The van der Waals surface area contributed by atoms with Crippen LogP contribution in [-0.4, -0.2) is 37.1 Å². The molecule has 0 amide bonds. The standard InChI is InChI=1S/C13H20N2/c1-11-12(2)15(10-9-14(11)3)13-7-5-4-6-8-13/h4-8,11-12H,9-10H2,1-3H3. The predicted octanol–water partition coefficient (Wildman–Crippen LogP) is 2.22. The van der Waals surface area contributed by atoms with Crippen molar-refractivity contribution in [2.45, 2.75) is 25.9 Å². The number of nitrogens with zero attached hydrogens (tertiary/aromatic N) is 2. The Labute approximate surface area is 92.5 Å². The summed E-state index contributed by atoms with van der Waals surface area (Å²) in [5, 5.41) is 0. The largest absolute Gasteiger partial charge is 0.366 e. The number of hydrogen-bond donors (Lipinski definition) is 0. The van der Waals surface area contributed by atoms with Gasteiger partial charge in [-0.05, 0) is 33.0 Å². The molecule has 0 radical (unpaired) electrons. The third-order valence-electron chi connectivity index (χ3n) is 3.67. The Hall–Kier alpha value is -1.02. The van der Waals surface area contributed by atoms with E-state index in [0.717, 1.165) is 13.1 Å². The molecule has 1 aliphatic heterocycles. The van der Waals surface area contributed by atoms with E-state index in [1.54, 1.807) is 0 Å². The minimum atomic E-state index is 0.589. The summed E-state index contributed by atoms with van der Waals surface area (Å²) in [6, 6.07) is 11.9. The molecule has 1 aromatic carbocycles. The Morgan fingerprint density at radius 3 is 2.33 bits per heavy atom. The average molecular weight is 204 g/mol. The van der Waals surface area contributed by atoms with Gasteiger partial charge in [-0.1, -0.05) is 18.2 Å². The maximum atomic E-state index is 2.50. The molecule has 2 nitrogen and oxygen atoms in total. The van der Waals surface area contributed by atoms with E-state index in [1.165, 1.54) is 5.69 Å². The lowest BCUT2D eigenvalue weighted by Gasteiger charge is -2.44. The molecule has 0 aromatic heterocycles. The number of hydrogen-bond acceptors (Lipinski definition) is 2. The summed E-state index contributed by atoms with van der Waals surface area (Å²) in [5.74, 6) is 0.